The van der Waals surface area contributed by atoms with E-state index in [1.54, 1.807) is 27.6 Å². The van der Waals surface area contributed by atoms with E-state index in [9.17, 15) is 0 Å². The second kappa shape index (κ2) is 6.23. The molecule has 0 amide bonds. The van der Waals surface area contributed by atoms with Crippen LogP contribution in [0.25, 0.3) is 0 Å². The van der Waals surface area contributed by atoms with Gasteiger partial charge in [-0.2, -0.15) is 0 Å². The number of methoxy groups -OCH3 is 3. The second-order valence-corrected chi connectivity index (χ2v) is 4.34. The molecular formula is C15H19NO4. The molecule has 20 heavy (non-hydrogen) atoms. The van der Waals surface area contributed by atoms with Gasteiger partial charge in [0.15, 0.2) is 17.4 Å². The third kappa shape index (κ3) is 2.82. The summed E-state index contributed by atoms with van der Waals surface area (Å²) in [6.07, 6.45) is 1.65. The molecule has 0 bridgehead atoms. The summed E-state index contributed by atoms with van der Waals surface area (Å²) in [6, 6.07) is 7.64. The summed E-state index contributed by atoms with van der Waals surface area (Å²) in [6.45, 7) is 0.671. The molecule has 2 aromatic rings. The first-order valence-electron chi connectivity index (χ1n) is 6.23. The van der Waals surface area contributed by atoms with Crippen molar-refractivity contribution in [2.45, 2.75) is 6.54 Å². The fraction of sp³-hybridized carbons (Fsp3) is 0.333. The Labute approximate surface area is 118 Å². The van der Waals surface area contributed by atoms with Gasteiger partial charge in [-0.25, -0.2) is 0 Å². The van der Waals surface area contributed by atoms with E-state index in [0.29, 0.717) is 23.8 Å². The number of hydrogen-bond acceptors (Lipinski definition) is 5. The second-order valence-electron chi connectivity index (χ2n) is 4.34. The van der Waals surface area contributed by atoms with Gasteiger partial charge < -0.3 is 23.5 Å². The molecule has 0 saturated carbocycles. The lowest BCUT2D eigenvalue weighted by Gasteiger charge is -2.18. The van der Waals surface area contributed by atoms with Crippen molar-refractivity contribution in [1.82, 2.24) is 0 Å². The van der Waals surface area contributed by atoms with E-state index in [0.717, 1.165) is 11.4 Å². The molecule has 0 N–H and O–H groups in total. The molecular weight excluding hydrogens is 258 g/mol. The van der Waals surface area contributed by atoms with Gasteiger partial charge in [0.05, 0.1) is 27.6 Å². The van der Waals surface area contributed by atoms with Gasteiger partial charge in [0, 0.05) is 19.7 Å². The third-order valence-corrected chi connectivity index (χ3v) is 3.03. The van der Waals surface area contributed by atoms with E-state index >= 15 is 0 Å². The summed E-state index contributed by atoms with van der Waals surface area (Å²) in [5.74, 6) is 2.70. The molecule has 0 aliphatic rings. The molecule has 108 valence electrons. The Bertz CT molecular complexity index is 526. The van der Waals surface area contributed by atoms with Crippen LogP contribution in [-0.4, -0.2) is 28.4 Å². The van der Waals surface area contributed by atoms with Crippen molar-refractivity contribution in [2.75, 3.05) is 33.3 Å². The van der Waals surface area contributed by atoms with Crippen molar-refractivity contribution >= 4 is 5.88 Å². The summed E-state index contributed by atoms with van der Waals surface area (Å²) in [5.41, 5.74) is 1.04. The minimum Gasteiger partial charge on any atom is -0.493 e. The zero-order chi connectivity index (χ0) is 14.5. The lowest BCUT2D eigenvalue weighted by Crippen LogP contribution is -2.15. The highest BCUT2D eigenvalue weighted by Gasteiger charge is 2.14. The molecule has 1 aromatic heterocycles. The van der Waals surface area contributed by atoms with Crippen LogP contribution in [0.2, 0.25) is 0 Å². The summed E-state index contributed by atoms with van der Waals surface area (Å²) < 4.78 is 21.4. The number of benzene rings is 1. The van der Waals surface area contributed by atoms with Gasteiger partial charge in [0.1, 0.15) is 0 Å². The van der Waals surface area contributed by atoms with Crippen LogP contribution in [0.4, 0.5) is 5.88 Å². The van der Waals surface area contributed by atoms with Gasteiger partial charge in [0.25, 0.3) is 0 Å². The summed E-state index contributed by atoms with van der Waals surface area (Å²) >= 11 is 0. The van der Waals surface area contributed by atoms with Crippen LogP contribution in [0.1, 0.15) is 5.56 Å². The van der Waals surface area contributed by atoms with E-state index in [2.05, 4.69) is 0 Å². The minimum absolute atomic E-state index is 0.597. The van der Waals surface area contributed by atoms with Gasteiger partial charge in [-0.1, -0.05) is 0 Å². The lowest BCUT2D eigenvalue weighted by molar-refractivity contribution is 0.323. The van der Waals surface area contributed by atoms with E-state index in [-0.39, 0.29) is 0 Å². The summed E-state index contributed by atoms with van der Waals surface area (Å²) in [5, 5.41) is 0. The third-order valence-electron chi connectivity index (χ3n) is 3.03. The van der Waals surface area contributed by atoms with Crippen molar-refractivity contribution in [3.8, 4) is 17.2 Å². The van der Waals surface area contributed by atoms with E-state index < -0.39 is 0 Å². The van der Waals surface area contributed by atoms with E-state index in [1.807, 2.05) is 36.2 Å². The Balaban J connectivity index is 2.28. The first-order valence-corrected chi connectivity index (χ1v) is 6.23. The average Bonchev–Trinajstić information content (AvgIpc) is 3.00. The fourth-order valence-corrected chi connectivity index (χ4v) is 2.07. The zero-order valence-electron chi connectivity index (χ0n) is 12.2. The Hall–Kier alpha value is -2.30. The van der Waals surface area contributed by atoms with Gasteiger partial charge >= 0.3 is 0 Å². The van der Waals surface area contributed by atoms with Crippen LogP contribution < -0.4 is 19.1 Å². The molecule has 1 aromatic carbocycles. The number of ether oxygens (including phenoxy) is 3. The predicted molar refractivity (Wildman–Crippen MR) is 76.9 cm³/mol. The predicted octanol–water partition coefficient (Wildman–Crippen LogP) is 2.94. The highest BCUT2D eigenvalue weighted by molar-refractivity contribution is 5.54. The van der Waals surface area contributed by atoms with E-state index in [1.165, 1.54) is 0 Å². The molecule has 0 saturated heterocycles. The first-order chi connectivity index (χ1) is 9.69. The number of furan rings is 1. The van der Waals surface area contributed by atoms with Crippen molar-refractivity contribution < 1.29 is 18.6 Å². The molecule has 2 rings (SSSR count). The highest BCUT2D eigenvalue weighted by Crippen LogP contribution is 2.38. The smallest absolute Gasteiger partial charge is 0.203 e. The Kier molecular flexibility index (Phi) is 4.40. The summed E-state index contributed by atoms with van der Waals surface area (Å²) in [4.78, 5) is 2.00. The maximum Gasteiger partial charge on any atom is 0.203 e. The Morgan fingerprint density at radius 2 is 1.70 bits per heavy atom. The number of rotatable bonds is 6. The maximum absolute atomic E-state index is 5.36. The van der Waals surface area contributed by atoms with Gasteiger partial charge in [0.2, 0.25) is 5.75 Å². The van der Waals surface area contributed by atoms with Crippen LogP contribution in [-0.2, 0) is 6.54 Å². The van der Waals surface area contributed by atoms with Gasteiger partial charge in [-0.15, -0.1) is 0 Å². The van der Waals surface area contributed by atoms with Gasteiger partial charge in [-0.05, 0) is 23.8 Å². The molecule has 0 spiro atoms. The fourth-order valence-electron chi connectivity index (χ4n) is 2.07. The van der Waals surface area contributed by atoms with Crippen molar-refractivity contribution in [3.63, 3.8) is 0 Å². The normalized spacial score (nSPS) is 10.2. The SMILES string of the molecule is COc1cc(CN(C)c2ccco2)cc(OC)c1OC. The highest BCUT2D eigenvalue weighted by atomic mass is 16.5. The standard InChI is InChI=1S/C15H19NO4/c1-16(14-6-5-7-20-14)10-11-8-12(17-2)15(19-4)13(9-11)18-3/h5-9H,10H2,1-4H3. The Morgan fingerprint density at radius 3 is 2.15 bits per heavy atom. The van der Waals surface area contributed by atoms with Crippen LogP contribution >= 0.6 is 0 Å². The monoisotopic (exact) mass is 277 g/mol. The maximum atomic E-state index is 5.36. The molecule has 1 heterocycles. The molecule has 0 radical (unpaired) electrons. The zero-order valence-corrected chi connectivity index (χ0v) is 12.2. The topological polar surface area (TPSA) is 44.1 Å². The van der Waals surface area contributed by atoms with Crippen molar-refractivity contribution in [3.05, 3.63) is 36.1 Å². The largest absolute Gasteiger partial charge is 0.493 e. The van der Waals surface area contributed by atoms with E-state index in [4.69, 9.17) is 18.6 Å². The minimum atomic E-state index is 0.597. The lowest BCUT2D eigenvalue weighted by atomic mass is 10.1. The Morgan fingerprint density at radius 1 is 1.05 bits per heavy atom. The molecule has 0 aliphatic heterocycles. The molecule has 0 atom stereocenters. The van der Waals surface area contributed by atoms with Crippen molar-refractivity contribution in [2.24, 2.45) is 0 Å². The number of nitrogens with zero attached hydrogens (tertiary/aromatic N) is 1. The molecule has 0 unspecified atom stereocenters. The quantitative estimate of drug-likeness (QED) is 0.812. The van der Waals surface area contributed by atoms with Crippen LogP contribution in [0, 0.1) is 0 Å². The number of hydrogen-bond donors (Lipinski definition) is 0. The molecule has 5 heteroatoms. The average molecular weight is 277 g/mol. The molecule has 5 nitrogen and oxygen atoms in total. The molecule has 0 fully saturated rings. The number of anilines is 1. The van der Waals surface area contributed by atoms with Crippen LogP contribution in [0.3, 0.4) is 0 Å². The summed E-state index contributed by atoms with van der Waals surface area (Å²) in [7, 11) is 6.77. The molecule has 0 aliphatic carbocycles. The van der Waals surface area contributed by atoms with Crippen LogP contribution in [0.5, 0.6) is 17.2 Å². The van der Waals surface area contributed by atoms with Crippen LogP contribution in [0.15, 0.2) is 34.9 Å². The first kappa shape index (κ1) is 14.1. The van der Waals surface area contributed by atoms with Crippen molar-refractivity contribution in [1.29, 1.82) is 0 Å². The van der Waals surface area contributed by atoms with Gasteiger partial charge in [-0.3, -0.25) is 0 Å².